The maximum Gasteiger partial charge on any atom is 0.269 e. The van der Waals surface area contributed by atoms with Crippen molar-refractivity contribution >= 4 is 32.7 Å². The van der Waals surface area contributed by atoms with E-state index < -0.39 is 10.0 Å². The average Bonchev–Trinajstić information content (AvgIpc) is 2.98. The lowest BCUT2D eigenvalue weighted by Gasteiger charge is -2.07. The van der Waals surface area contributed by atoms with E-state index in [0.29, 0.717) is 16.1 Å². The second-order valence-corrected chi connectivity index (χ2v) is 7.14. The van der Waals surface area contributed by atoms with Gasteiger partial charge in [0.25, 0.3) is 10.0 Å². The monoisotopic (exact) mass is 380 g/mol. The number of benzene rings is 1. The summed E-state index contributed by atoms with van der Waals surface area (Å²) in [7, 11) is -3.68. The van der Waals surface area contributed by atoms with E-state index in [9.17, 15) is 8.42 Å². The van der Waals surface area contributed by atoms with Gasteiger partial charge in [0.05, 0.1) is 9.92 Å². The van der Waals surface area contributed by atoms with E-state index in [0.717, 1.165) is 11.1 Å². The SMILES string of the molecule is CC.CC.Cc1ccc(S(=O)(=O)n2cc(C)c3c(Cl)ccnc32)cc1. The molecule has 0 radical (unpaired) electrons. The molecule has 0 atom stereocenters. The van der Waals surface area contributed by atoms with Crippen LogP contribution in [0.15, 0.2) is 47.6 Å². The fourth-order valence-corrected chi connectivity index (χ4v) is 3.93. The summed E-state index contributed by atoms with van der Waals surface area (Å²) in [5, 5.41) is 1.16. The smallest absolute Gasteiger partial charge is 0.237 e. The first kappa shape index (κ1) is 21.2. The molecular formula is C19H25ClN2O2S. The standard InChI is InChI=1S/C15H13ClN2O2S.2C2H6/c1-10-3-5-12(6-4-10)21(19,20)18-9-11(2)14-13(16)7-8-17-15(14)18;2*1-2/h3-9H,1-2H3;2*1-2H3. The number of rotatable bonds is 2. The lowest BCUT2D eigenvalue weighted by Crippen LogP contribution is -2.12. The van der Waals surface area contributed by atoms with E-state index in [1.165, 1.54) is 10.2 Å². The van der Waals surface area contributed by atoms with Gasteiger partial charge in [-0.1, -0.05) is 57.0 Å². The highest BCUT2D eigenvalue weighted by Crippen LogP contribution is 2.29. The minimum absolute atomic E-state index is 0.228. The van der Waals surface area contributed by atoms with Crippen molar-refractivity contribution < 1.29 is 8.42 Å². The third-order valence-corrected chi connectivity index (χ3v) is 5.35. The molecule has 2 aromatic heterocycles. The fraction of sp³-hybridized carbons (Fsp3) is 0.316. The molecule has 0 saturated heterocycles. The van der Waals surface area contributed by atoms with Gasteiger partial charge >= 0.3 is 0 Å². The third-order valence-electron chi connectivity index (χ3n) is 3.37. The Morgan fingerprint density at radius 1 is 0.960 bits per heavy atom. The summed E-state index contributed by atoms with van der Waals surface area (Å²) < 4.78 is 26.7. The molecule has 4 nitrogen and oxygen atoms in total. The van der Waals surface area contributed by atoms with Gasteiger partial charge in [0, 0.05) is 17.8 Å². The van der Waals surface area contributed by atoms with E-state index in [2.05, 4.69) is 4.98 Å². The van der Waals surface area contributed by atoms with Gasteiger partial charge in [-0.2, -0.15) is 0 Å². The second kappa shape index (κ2) is 9.02. The molecule has 0 spiro atoms. The molecule has 0 aliphatic carbocycles. The molecule has 0 unspecified atom stereocenters. The van der Waals surface area contributed by atoms with Gasteiger partial charge in [0.1, 0.15) is 0 Å². The highest BCUT2D eigenvalue weighted by atomic mass is 35.5. The Morgan fingerprint density at radius 3 is 2.08 bits per heavy atom. The number of aromatic nitrogens is 2. The van der Waals surface area contributed by atoms with Crippen molar-refractivity contribution in [2.24, 2.45) is 0 Å². The molecule has 0 fully saturated rings. The van der Waals surface area contributed by atoms with Crippen molar-refractivity contribution in [3.05, 3.63) is 58.9 Å². The van der Waals surface area contributed by atoms with Crippen LogP contribution in [0.3, 0.4) is 0 Å². The number of nitrogens with zero attached hydrogens (tertiary/aromatic N) is 2. The molecule has 0 saturated carbocycles. The van der Waals surface area contributed by atoms with Crippen molar-refractivity contribution in [3.8, 4) is 0 Å². The third kappa shape index (κ3) is 4.22. The number of aryl methyl sites for hydroxylation is 2. The summed E-state index contributed by atoms with van der Waals surface area (Å²) in [5.74, 6) is 0. The quantitative estimate of drug-likeness (QED) is 0.581. The first-order valence-electron chi connectivity index (χ1n) is 8.35. The summed E-state index contributed by atoms with van der Waals surface area (Å²) in [6, 6.07) is 8.38. The van der Waals surface area contributed by atoms with Crippen LogP contribution in [0.25, 0.3) is 11.0 Å². The van der Waals surface area contributed by atoms with Gasteiger partial charge in [-0.05, 0) is 37.6 Å². The molecule has 3 aromatic rings. The number of hydrogen-bond donors (Lipinski definition) is 0. The van der Waals surface area contributed by atoms with Gasteiger partial charge in [-0.3, -0.25) is 0 Å². The number of halogens is 1. The van der Waals surface area contributed by atoms with Crippen LogP contribution in [0.2, 0.25) is 5.02 Å². The van der Waals surface area contributed by atoms with Crippen LogP contribution in [0, 0.1) is 13.8 Å². The molecule has 2 heterocycles. The minimum Gasteiger partial charge on any atom is -0.237 e. The van der Waals surface area contributed by atoms with Crippen molar-refractivity contribution in [1.82, 2.24) is 8.96 Å². The summed E-state index contributed by atoms with van der Waals surface area (Å²) in [5.41, 5.74) is 2.13. The molecule has 3 rings (SSSR count). The molecule has 0 aliphatic rings. The van der Waals surface area contributed by atoms with Gasteiger partial charge in [0.15, 0.2) is 5.65 Å². The summed E-state index contributed by atoms with van der Waals surface area (Å²) >= 11 is 6.14. The normalized spacial score (nSPS) is 10.5. The zero-order valence-electron chi connectivity index (χ0n) is 15.5. The number of pyridine rings is 1. The molecule has 6 heteroatoms. The summed E-state index contributed by atoms with van der Waals surface area (Å²) in [4.78, 5) is 4.40. The van der Waals surface area contributed by atoms with E-state index in [1.54, 1.807) is 36.5 Å². The van der Waals surface area contributed by atoms with E-state index in [1.807, 2.05) is 41.5 Å². The Morgan fingerprint density at radius 2 is 1.52 bits per heavy atom. The van der Waals surface area contributed by atoms with Crippen LogP contribution in [0.1, 0.15) is 38.8 Å². The Hall–Kier alpha value is -1.85. The van der Waals surface area contributed by atoms with E-state index in [-0.39, 0.29) is 4.90 Å². The average molecular weight is 381 g/mol. The van der Waals surface area contributed by atoms with Crippen LogP contribution in [-0.4, -0.2) is 17.4 Å². The first-order chi connectivity index (χ1) is 11.9. The Bertz CT molecular complexity index is 930. The predicted molar refractivity (Wildman–Crippen MR) is 106 cm³/mol. The van der Waals surface area contributed by atoms with Crippen molar-refractivity contribution in [1.29, 1.82) is 0 Å². The van der Waals surface area contributed by atoms with Crippen LogP contribution < -0.4 is 0 Å². The number of fused-ring (bicyclic) bond motifs is 1. The molecular weight excluding hydrogens is 356 g/mol. The van der Waals surface area contributed by atoms with Gasteiger partial charge < -0.3 is 0 Å². The van der Waals surface area contributed by atoms with Crippen LogP contribution in [-0.2, 0) is 10.0 Å². The molecule has 0 aliphatic heterocycles. The van der Waals surface area contributed by atoms with Crippen LogP contribution >= 0.6 is 11.6 Å². The maximum absolute atomic E-state index is 12.8. The highest BCUT2D eigenvalue weighted by molar-refractivity contribution is 7.90. The molecule has 25 heavy (non-hydrogen) atoms. The van der Waals surface area contributed by atoms with E-state index in [4.69, 9.17) is 11.6 Å². The van der Waals surface area contributed by atoms with Gasteiger partial charge in [0.2, 0.25) is 0 Å². The Kier molecular flexibility index (Phi) is 7.64. The Labute approximate surface area is 155 Å². The molecule has 0 N–H and O–H groups in total. The maximum atomic E-state index is 12.8. The predicted octanol–water partition coefficient (Wildman–Crippen LogP) is 5.60. The lowest BCUT2D eigenvalue weighted by molar-refractivity contribution is 0.588. The number of hydrogen-bond acceptors (Lipinski definition) is 3. The van der Waals surface area contributed by atoms with Crippen LogP contribution in [0.5, 0.6) is 0 Å². The van der Waals surface area contributed by atoms with E-state index >= 15 is 0 Å². The summed E-state index contributed by atoms with van der Waals surface area (Å²) in [6.45, 7) is 11.7. The fourth-order valence-electron chi connectivity index (χ4n) is 2.27. The Balaban J connectivity index is 0.000000730. The lowest BCUT2D eigenvalue weighted by atomic mass is 10.2. The van der Waals surface area contributed by atoms with Crippen molar-refractivity contribution in [2.75, 3.05) is 0 Å². The molecule has 0 bridgehead atoms. The largest absolute Gasteiger partial charge is 0.269 e. The van der Waals surface area contributed by atoms with Gasteiger partial charge in [-0.15, -0.1) is 0 Å². The minimum atomic E-state index is -3.68. The molecule has 0 amide bonds. The zero-order valence-corrected chi connectivity index (χ0v) is 17.1. The van der Waals surface area contributed by atoms with Crippen LogP contribution in [0.4, 0.5) is 0 Å². The van der Waals surface area contributed by atoms with Gasteiger partial charge in [-0.25, -0.2) is 17.4 Å². The van der Waals surface area contributed by atoms with Crippen molar-refractivity contribution in [3.63, 3.8) is 0 Å². The summed E-state index contributed by atoms with van der Waals surface area (Å²) in [6.07, 6.45) is 3.06. The molecule has 1 aromatic carbocycles. The molecule has 136 valence electrons. The topological polar surface area (TPSA) is 52.0 Å². The first-order valence-corrected chi connectivity index (χ1v) is 10.2. The van der Waals surface area contributed by atoms with Crippen molar-refractivity contribution in [2.45, 2.75) is 46.4 Å². The second-order valence-electron chi connectivity index (χ2n) is 4.92. The zero-order chi connectivity index (χ0) is 19.2. The highest BCUT2D eigenvalue weighted by Gasteiger charge is 2.21.